The fourth-order valence-corrected chi connectivity index (χ4v) is 13.0. The third-order valence-electron chi connectivity index (χ3n) is 12.0. The van der Waals surface area contributed by atoms with Gasteiger partial charge in [0.2, 0.25) is 24.5 Å². The number of methoxy groups -OCH3 is 1. The van der Waals surface area contributed by atoms with Crippen LogP contribution in [0, 0.1) is 0 Å². The zero-order chi connectivity index (χ0) is 55.2. The van der Waals surface area contributed by atoms with Gasteiger partial charge >= 0.3 is 36.9 Å². The van der Waals surface area contributed by atoms with Crippen LogP contribution in [-0.2, 0) is 71.0 Å². The number of ether oxygens (including phenoxy) is 4. The molecule has 0 bridgehead atoms. The number of hydrogen-bond donors (Lipinski definition) is 13. The summed E-state index contributed by atoms with van der Waals surface area (Å²) in [7, 11) is -21.0. The van der Waals surface area contributed by atoms with Crippen LogP contribution in [0.5, 0.6) is 0 Å². The lowest BCUT2D eigenvalue weighted by molar-refractivity contribution is -0.646. The van der Waals surface area contributed by atoms with E-state index in [9.17, 15) is 67.8 Å². The van der Waals surface area contributed by atoms with Gasteiger partial charge in [0.05, 0.1) is 39.5 Å². The fraction of sp³-hybridized carbons (Fsp3) is 0.545. The van der Waals surface area contributed by atoms with Crippen molar-refractivity contribution < 1.29 is 108 Å². The minimum absolute atomic E-state index is 0.00532. The fourth-order valence-electron chi connectivity index (χ4n) is 8.55. The average Bonchev–Trinajstić information content (AvgIpc) is 4.16. The summed E-state index contributed by atoms with van der Waals surface area (Å²) in [6.07, 6.45) is -14.1. The highest BCUT2D eigenvalue weighted by atomic mass is 31.3. The molecule has 3 aliphatic rings. The highest BCUT2D eigenvalue weighted by molar-refractivity contribution is 7.66. The van der Waals surface area contributed by atoms with Crippen LogP contribution >= 0.6 is 31.3 Å². The van der Waals surface area contributed by atoms with Gasteiger partial charge in [-0.25, -0.2) is 42.8 Å². The first-order valence-corrected chi connectivity index (χ1v) is 27.5. The number of phosphoric ester groups is 3. The minimum atomic E-state index is -6.22. The third kappa shape index (κ3) is 10.7. The predicted molar refractivity (Wildman–Crippen MR) is 244 cm³/mol. The number of aryl methyl sites for hydroxylation is 1. The van der Waals surface area contributed by atoms with E-state index < -0.39 is 135 Å². The predicted octanol–water partition coefficient (Wildman–Crippen LogP) is -4.32. The minimum Gasteiger partial charge on any atom is -0.387 e. The van der Waals surface area contributed by atoms with Gasteiger partial charge in [0.15, 0.2) is 40.7 Å². The van der Waals surface area contributed by atoms with Crippen LogP contribution in [0.25, 0.3) is 33.5 Å². The van der Waals surface area contributed by atoms with Gasteiger partial charge in [0, 0.05) is 7.11 Å². The molecule has 6 aromatic heterocycles. The Labute approximate surface area is 421 Å². The molecule has 0 amide bonds. The Bertz CT molecular complexity index is 3520. The van der Waals surface area contributed by atoms with Crippen molar-refractivity contribution in [1.82, 2.24) is 53.6 Å². The number of nitrogens with one attached hydrogen (secondary N) is 2. The molecule has 3 aliphatic heterocycles. The summed E-state index contributed by atoms with van der Waals surface area (Å²) in [6.45, 7) is -2.32. The first-order valence-electron chi connectivity index (χ1n) is 21.5. The number of aliphatic hydroxyl groups is 4. The highest BCUT2D eigenvalue weighted by Gasteiger charge is 2.58. The van der Waals surface area contributed by atoms with Gasteiger partial charge in [0.1, 0.15) is 60.7 Å². The lowest BCUT2D eigenvalue weighted by Crippen LogP contribution is -2.44. The normalized spacial score (nSPS) is 31.2. The average molecular weight is 1160 g/mol. The Morgan fingerprint density at radius 3 is 1.92 bits per heavy atom. The molecule has 9 heterocycles. The van der Waals surface area contributed by atoms with Gasteiger partial charge in [-0.1, -0.05) is 0 Å². The topological polar surface area (TPSA) is 562 Å². The van der Waals surface area contributed by atoms with E-state index in [1.54, 1.807) is 0 Å². The standard InChI is InChI=1S/C33H45N15O24P4/c1-33(54)21(51)13(69-30(33)48-10-45(2)16-25(48)42-32(36)44-27(16)53)6-66-75(59,60)72-76(61,62)71-74(57,58)65-5-12-19(20(63-3)29(68-12)46-8-39-14-22(34)37-7-38-23(14)46)70-73(55,56)64-4-11-17(49)18(50)28(67-11)47-9-40-15-24(47)41-31(35)43-26(15)52/h7-13,17-21,28-30,49-51,54H,4-6H2,1-3H3,(H11-,34,35,36,37,38,41,42,43,44,52,53,55,56,57,58,59,60,61,62)/p+1. The number of imidazole rings is 3. The van der Waals surface area contributed by atoms with Crippen LogP contribution in [0.2, 0.25) is 0 Å². The molecule has 6 aromatic rings. The van der Waals surface area contributed by atoms with Crippen molar-refractivity contribution in [2.24, 2.45) is 7.05 Å². The Kier molecular flexibility index (Phi) is 14.8. The molecule has 16 N–H and O–H groups in total. The molecule has 0 radical (unpaired) electrons. The van der Waals surface area contributed by atoms with E-state index in [1.165, 1.54) is 22.5 Å². The van der Waals surface area contributed by atoms with Gasteiger partial charge < -0.3 is 76.1 Å². The van der Waals surface area contributed by atoms with Crippen molar-refractivity contribution >= 4 is 82.5 Å². The third-order valence-corrected chi connectivity index (χ3v) is 17.2. The smallest absolute Gasteiger partial charge is 0.387 e. The number of nitrogens with zero attached hydrogens (tertiary/aromatic N) is 10. The number of aromatic amines is 2. The van der Waals surface area contributed by atoms with E-state index in [0.717, 1.165) is 42.1 Å². The van der Waals surface area contributed by atoms with E-state index in [2.05, 4.69) is 48.5 Å². The summed E-state index contributed by atoms with van der Waals surface area (Å²) in [5.41, 5.74) is 13.2. The van der Waals surface area contributed by atoms with E-state index >= 15 is 0 Å². The number of hydrogen-bond acceptors (Lipinski definition) is 29. The number of anilines is 3. The summed E-state index contributed by atoms with van der Waals surface area (Å²) in [4.78, 5) is 95.9. The van der Waals surface area contributed by atoms with Crippen LogP contribution in [0.1, 0.15) is 25.6 Å². The van der Waals surface area contributed by atoms with Crippen molar-refractivity contribution in [3.63, 3.8) is 0 Å². The molecule has 39 nitrogen and oxygen atoms in total. The molecule has 0 aromatic carbocycles. The van der Waals surface area contributed by atoms with Crippen LogP contribution < -0.4 is 32.9 Å². The zero-order valence-corrected chi connectivity index (χ0v) is 42.5. The van der Waals surface area contributed by atoms with Crippen molar-refractivity contribution in [1.29, 1.82) is 0 Å². The van der Waals surface area contributed by atoms with E-state index in [-0.39, 0.29) is 51.2 Å². The van der Waals surface area contributed by atoms with Crippen molar-refractivity contribution in [3.8, 4) is 0 Å². The maximum Gasteiger partial charge on any atom is 0.490 e. The number of rotatable bonds is 19. The van der Waals surface area contributed by atoms with Crippen LogP contribution in [0.4, 0.5) is 17.7 Å². The lowest BCUT2D eigenvalue weighted by Gasteiger charge is -2.26. The highest BCUT2D eigenvalue weighted by Crippen LogP contribution is 2.68. The van der Waals surface area contributed by atoms with Gasteiger partial charge in [0.25, 0.3) is 16.7 Å². The molecule has 16 unspecified atom stereocenters. The first kappa shape index (κ1) is 55.6. The van der Waals surface area contributed by atoms with Crippen LogP contribution in [0.3, 0.4) is 0 Å². The Morgan fingerprint density at radius 2 is 1.26 bits per heavy atom. The molecule has 0 aliphatic carbocycles. The molecule has 0 saturated carbocycles. The number of phosphoric acid groups is 4. The summed E-state index contributed by atoms with van der Waals surface area (Å²) >= 11 is 0. The summed E-state index contributed by atoms with van der Waals surface area (Å²) < 4.78 is 109. The van der Waals surface area contributed by atoms with E-state index in [0.29, 0.717) is 0 Å². The first-order chi connectivity index (χ1) is 35.5. The second kappa shape index (κ2) is 20.3. The summed E-state index contributed by atoms with van der Waals surface area (Å²) in [5.74, 6) is -0.721. The van der Waals surface area contributed by atoms with Gasteiger partial charge in [-0.15, -0.1) is 0 Å². The molecule has 3 saturated heterocycles. The van der Waals surface area contributed by atoms with Gasteiger partial charge in [-0.2, -0.15) is 23.2 Å². The molecule has 0 spiro atoms. The zero-order valence-electron chi connectivity index (χ0n) is 38.9. The molecular formula is C33H46N15O24P4+. The molecule has 43 heteroatoms. The Hall–Kier alpha value is -5.15. The molecular weight excluding hydrogens is 1110 g/mol. The molecule has 3 fully saturated rings. The molecule has 9 rings (SSSR count). The van der Waals surface area contributed by atoms with Crippen molar-refractivity contribution in [3.05, 3.63) is 46.0 Å². The summed E-state index contributed by atoms with van der Waals surface area (Å²) in [5, 5.41) is 43.9. The van der Waals surface area contributed by atoms with Gasteiger partial charge in [-0.3, -0.25) is 46.8 Å². The Balaban J connectivity index is 0.867. The molecule has 76 heavy (non-hydrogen) atoms. The number of fused-ring (bicyclic) bond motifs is 3. The maximum absolute atomic E-state index is 13.7. The molecule has 16 atom stereocenters. The second-order valence-electron chi connectivity index (χ2n) is 17.1. The number of aromatic nitrogens is 12. The SMILES string of the molecule is COC1C(OP(=O)(O)OCC2OC(n3cnc4c(=O)[nH]c(N)nc43)C(O)C2O)C(COP(=O)(O)OP(=O)(O)OP(=O)(O)OCC2OC(n3c[n+](C)c4c(=O)[nH]c(N)nc43)C(C)(O)C2O)OC1n1cnc2c(N)ncnc21. The monoisotopic (exact) mass is 1160 g/mol. The van der Waals surface area contributed by atoms with E-state index in [1.807, 2.05) is 0 Å². The van der Waals surface area contributed by atoms with Crippen LogP contribution in [0.15, 0.2) is 34.9 Å². The van der Waals surface area contributed by atoms with Crippen molar-refractivity contribution in [2.75, 3.05) is 44.1 Å². The summed E-state index contributed by atoms with van der Waals surface area (Å²) in [6, 6.07) is 0. The van der Waals surface area contributed by atoms with Gasteiger partial charge in [-0.05, 0) is 6.92 Å². The number of nitrogens with two attached hydrogens (primary N) is 3. The number of aliphatic hydroxyl groups excluding tert-OH is 3. The molecule has 416 valence electrons. The lowest BCUT2D eigenvalue weighted by atomic mass is 9.96. The van der Waals surface area contributed by atoms with Crippen molar-refractivity contribution in [2.45, 2.75) is 80.0 Å². The maximum atomic E-state index is 13.7. The quantitative estimate of drug-likeness (QED) is 0.0269. The second-order valence-corrected chi connectivity index (χ2v) is 23.2. The number of H-pyrrole nitrogens is 2. The largest absolute Gasteiger partial charge is 0.490 e. The Morgan fingerprint density at radius 1 is 0.697 bits per heavy atom. The van der Waals surface area contributed by atoms with Crippen LogP contribution in [-0.4, -0.2) is 175 Å². The number of nitrogen functional groups attached to an aromatic ring is 3. The van der Waals surface area contributed by atoms with E-state index in [4.69, 9.17) is 54.2 Å².